The summed E-state index contributed by atoms with van der Waals surface area (Å²) in [6.07, 6.45) is -1.44. The van der Waals surface area contributed by atoms with Crippen LogP contribution in [0.15, 0.2) is 54.6 Å². The molecule has 2 aromatic rings. The third-order valence-corrected chi connectivity index (χ3v) is 8.08. The molecule has 4 amide bonds. The van der Waals surface area contributed by atoms with Crippen molar-refractivity contribution >= 4 is 23.8 Å². The van der Waals surface area contributed by atoms with E-state index >= 15 is 0 Å². The molecule has 0 aliphatic carbocycles. The summed E-state index contributed by atoms with van der Waals surface area (Å²) in [5.41, 5.74) is 1.45. The van der Waals surface area contributed by atoms with Crippen LogP contribution in [0.25, 0.3) is 0 Å². The lowest BCUT2D eigenvalue weighted by molar-refractivity contribution is -0.265. The Bertz CT molecular complexity index is 1300. The molecule has 0 bridgehead atoms. The quantitative estimate of drug-likeness (QED) is 0.312. The van der Waals surface area contributed by atoms with Gasteiger partial charge >= 0.3 is 6.09 Å². The van der Waals surface area contributed by atoms with Gasteiger partial charge in [0, 0.05) is 19.4 Å². The lowest BCUT2D eigenvalue weighted by Crippen LogP contribution is -2.75. The van der Waals surface area contributed by atoms with Crippen LogP contribution in [0.5, 0.6) is 5.75 Å². The maximum atomic E-state index is 14.4. The number of nitrogens with one attached hydrogen (secondary N) is 1. The summed E-state index contributed by atoms with van der Waals surface area (Å²) in [5.74, 6) is -0.637. The number of fused-ring (bicyclic) bond motifs is 1. The molecule has 2 aromatic carbocycles. The Hall–Kier alpha value is -4.12. The molecule has 0 radical (unpaired) electrons. The van der Waals surface area contributed by atoms with Gasteiger partial charge in [-0.2, -0.15) is 5.06 Å². The van der Waals surface area contributed by atoms with E-state index in [1.807, 2.05) is 44.2 Å². The molecule has 3 unspecified atom stereocenters. The van der Waals surface area contributed by atoms with Crippen molar-refractivity contribution in [3.8, 4) is 5.75 Å². The second-order valence-electron chi connectivity index (χ2n) is 12.5. The van der Waals surface area contributed by atoms with Gasteiger partial charge in [-0.15, -0.1) is 0 Å². The normalized spacial score (nSPS) is 21.0. The van der Waals surface area contributed by atoms with Gasteiger partial charge in [0.1, 0.15) is 17.8 Å². The lowest BCUT2D eigenvalue weighted by Gasteiger charge is -2.53. The first-order valence-electron chi connectivity index (χ1n) is 15.4. The maximum absolute atomic E-state index is 14.4. The van der Waals surface area contributed by atoms with Crippen LogP contribution in [0.4, 0.5) is 4.79 Å². The van der Waals surface area contributed by atoms with Gasteiger partial charge in [-0.1, -0.05) is 70.2 Å². The number of piperazine rings is 1. The largest absolute Gasteiger partial charge is 0.508 e. The summed E-state index contributed by atoms with van der Waals surface area (Å²) in [6, 6.07) is 13.5. The summed E-state index contributed by atoms with van der Waals surface area (Å²) in [7, 11) is 0. The predicted molar refractivity (Wildman–Crippen MR) is 163 cm³/mol. The fourth-order valence-corrected chi connectivity index (χ4v) is 5.89. The second-order valence-corrected chi connectivity index (χ2v) is 12.5. The summed E-state index contributed by atoms with van der Waals surface area (Å²) in [5, 5.41) is 23.8. The summed E-state index contributed by atoms with van der Waals surface area (Å²) < 4.78 is 0. The fraction of sp³-hybridized carbons (Fsp3) is 0.515. The highest BCUT2D eigenvalue weighted by atomic mass is 16.7. The number of aromatic hydroxyl groups is 1. The molecule has 3 N–H and O–H groups in total. The second kappa shape index (κ2) is 14.6. The highest BCUT2D eigenvalue weighted by Crippen LogP contribution is 2.32. The van der Waals surface area contributed by atoms with Crippen LogP contribution in [-0.4, -0.2) is 86.3 Å². The number of nitrogens with zero attached hydrogens (tertiary/aromatic N) is 3. The molecule has 0 aromatic heterocycles. The molecule has 2 fully saturated rings. The van der Waals surface area contributed by atoms with Gasteiger partial charge in [0.2, 0.25) is 11.8 Å². The van der Waals surface area contributed by atoms with Gasteiger partial charge in [-0.25, -0.2) is 4.79 Å². The molecule has 0 spiro atoms. The number of hydrogen-bond acceptors (Lipinski definition) is 6. The average Bonchev–Trinajstić information content (AvgIpc) is 2.98. The molecule has 44 heavy (non-hydrogen) atoms. The number of amides is 4. The van der Waals surface area contributed by atoms with Crippen LogP contribution in [0.2, 0.25) is 0 Å². The first-order valence-corrected chi connectivity index (χ1v) is 15.4. The number of hydrogen-bond donors (Lipinski definition) is 3. The minimum atomic E-state index is -1.40. The van der Waals surface area contributed by atoms with E-state index in [9.17, 15) is 29.4 Å². The maximum Gasteiger partial charge on any atom is 0.433 e. The number of rotatable bonds is 12. The predicted octanol–water partition coefficient (Wildman–Crippen LogP) is 3.80. The molecule has 2 saturated heterocycles. The number of carbonyl (C=O) groups excluding carboxylic acids is 3. The van der Waals surface area contributed by atoms with E-state index in [-0.39, 0.29) is 37.0 Å². The number of benzene rings is 2. The van der Waals surface area contributed by atoms with Crippen LogP contribution in [0.3, 0.4) is 0 Å². The summed E-state index contributed by atoms with van der Waals surface area (Å²) in [6.45, 7) is 8.39. The number of phenolic OH excluding ortho intramolecular Hbond substituents is 1. The third kappa shape index (κ3) is 7.88. The fourth-order valence-electron chi connectivity index (χ4n) is 5.89. The standard InChI is InChI=1S/C33H44N4O7/c1-21(2)9-8-16-34-30(39)26(17-22(3)4)35-20-29-36(27(31(35)40)18-24-12-14-25(38)15-13-24)32(41)28(44-37(29)33(42)43)19-23-10-6-5-7-11-23/h5-7,10-15,21-22,26-29,38H,8-9,16-20H2,1-4H3,(H,34,39)(H,42,43)/t26-,27?,28?,29?/m0/s1. The van der Waals surface area contributed by atoms with Crippen molar-refractivity contribution in [3.05, 3.63) is 65.7 Å². The Morgan fingerprint density at radius 2 is 1.59 bits per heavy atom. The molecule has 11 nitrogen and oxygen atoms in total. The first-order chi connectivity index (χ1) is 21.0. The zero-order valence-electron chi connectivity index (χ0n) is 25.9. The van der Waals surface area contributed by atoms with Crippen molar-refractivity contribution in [2.45, 2.75) is 84.2 Å². The molecule has 11 heteroatoms. The monoisotopic (exact) mass is 608 g/mol. The molecular formula is C33H44N4O7. The molecule has 2 heterocycles. The Morgan fingerprint density at radius 3 is 2.20 bits per heavy atom. The van der Waals surface area contributed by atoms with Crippen LogP contribution < -0.4 is 5.32 Å². The van der Waals surface area contributed by atoms with Crippen LogP contribution in [0.1, 0.15) is 58.1 Å². The van der Waals surface area contributed by atoms with Crippen LogP contribution in [-0.2, 0) is 32.1 Å². The minimum Gasteiger partial charge on any atom is -0.508 e. The third-order valence-electron chi connectivity index (χ3n) is 8.08. The molecular weight excluding hydrogens is 564 g/mol. The van der Waals surface area contributed by atoms with Crippen LogP contribution >= 0.6 is 0 Å². The van der Waals surface area contributed by atoms with E-state index in [1.54, 1.807) is 12.1 Å². The molecule has 0 saturated carbocycles. The van der Waals surface area contributed by atoms with Gasteiger partial charge in [0.05, 0.1) is 6.54 Å². The van der Waals surface area contributed by atoms with Crippen molar-refractivity contribution in [2.24, 2.45) is 11.8 Å². The van der Waals surface area contributed by atoms with Gasteiger partial charge < -0.3 is 25.3 Å². The number of carbonyl (C=O) groups is 4. The molecule has 4 atom stereocenters. The summed E-state index contributed by atoms with van der Waals surface area (Å²) >= 11 is 0. The summed E-state index contributed by atoms with van der Waals surface area (Å²) in [4.78, 5) is 63.2. The molecule has 238 valence electrons. The van der Waals surface area contributed by atoms with Crippen molar-refractivity contribution in [1.82, 2.24) is 20.2 Å². The minimum absolute atomic E-state index is 0.0526. The van der Waals surface area contributed by atoms with E-state index in [1.165, 1.54) is 21.9 Å². The zero-order valence-corrected chi connectivity index (χ0v) is 25.9. The topological polar surface area (TPSA) is 140 Å². The van der Waals surface area contributed by atoms with Gasteiger partial charge in [0.15, 0.2) is 12.3 Å². The van der Waals surface area contributed by atoms with Gasteiger partial charge in [-0.3, -0.25) is 19.2 Å². The average molecular weight is 609 g/mol. The number of hydroxylamine groups is 2. The van der Waals surface area contributed by atoms with Crippen molar-refractivity contribution in [2.75, 3.05) is 13.1 Å². The SMILES string of the molecule is CC(C)CCCNC(=O)[C@H](CC(C)C)N1CC2N(C(=O)O)OC(Cc3ccccc3)C(=O)N2C(Cc2ccc(O)cc2)C1=O. The van der Waals surface area contributed by atoms with E-state index in [0.29, 0.717) is 24.4 Å². The van der Waals surface area contributed by atoms with Crippen molar-refractivity contribution in [3.63, 3.8) is 0 Å². The molecule has 4 rings (SSSR count). The van der Waals surface area contributed by atoms with E-state index in [0.717, 1.165) is 23.5 Å². The molecule has 2 aliphatic rings. The van der Waals surface area contributed by atoms with E-state index in [2.05, 4.69) is 19.2 Å². The molecule has 2 aliphatic heterocycles. The smallest absolute Gasteiger partial charge is 0.433 e. The Balaban J connectivity index is 1.70. The van der Waals surface area contributed by atoms with E-state index in [4.69, 9.17) is 4.84 Å². The number of carboxylic acid groups (broad SMARTS) is 1. The highest BCUT2D eigenvalue weighted by Gasteiger charge is 2.54. The lowest BCUT2D eigenvalue weighted by atomic mass is 9.94. The highest BCUT2D eigenvalue weighted by molar-refractivity contribution is 5.95. The van der Waals surface area contributed by atoms with Gasteiger partial charge in [-0.05, 0) is 54.4 Å². The van der Waals surface area contributed by atoms with Crippen molar-refractivity contribution < 1.29 is 34.2 Å². The Labute approximate surface area is 258 Å². The Kier molecular flexibility index (Phi) is 10.9. The number of phenols is 1. The van der Waals surface area contributed by atoms with E-state index < -0.39 is 42.3 Å². The van der Waals surface area contributed by atoms with Gasteiger partial charge in [0.25, 0.3) is 5.91 Å². The van der Waals surface area contributed by atoms with Crippen LogP contribution in [0, 0.1) is 11.8 Å². The Morgan fingerprint density at radius 1 is 0.932 bits per heavy atom. The zero-order chi connectivity index (χ0) is 32.0. The van der Waals surface area contributed by atoms with Crippen molar-refractivity contribution in [1.29, 1.82) is 0 Å². The first kappa shape index (κ1) is 32.8.